The molecule has 0 radical (unpaired) electrons. The highest BCUT2D eigenvalue weighted by Gasteiger charge is 2.40. The van der Waals surface area contributed by atoms with Crippen molar-refractivity contribution in [2.75, 3.05) is 25.5 Å². The second kappa shape index (κ2) is 7.12. The fraction of sp³-hybridized carbons (Fsp3) is 0.364. The average molecular weight is 414 g/mol. The number of hydrogen-bond donors (Lipinski definition) is 2. The fourth-order valence-electron chi connectivity index (χ4n) is 4.93. The van der Waals surface area contributed by atoms with Gasteiger partial charge in [-0.15, -0.1) is 0 Å². The van der Waals surface area contributed by atoms with E-state index in [0.29, 0.717) is 22.3 Å². The third-order valence-corrected chi connectivity index (χ3v) is 6.43. The van der Waals surface area contributed by atoms with E-state index in [2.05, 4.69) is 27.5 Å². The minimum atomic E-state index is -0.661. The van der Waals surface area contributed by atoms with E-state index in [1.807, 2.05) is 0 Å². The Balaban J connectivity index is 1.73. The van der Waals surface area contributed by atoms with Crippen LogP contribution >= 0.6 is 0 Å². The van der Waals surface area contributed by atoms with Gasteiger partial charge in [-0.3, -0.25) is 4.79 Å². The number of piperidine rings is 1. The van der Waals surface area contributed by atoms with E-state index < -0.39 is 28.9 Å². The lowest BCUT2D eigenvalue weighted by atomic mass is 9.74. The number of nitrogens with one attached hydrogen (secondary N) is 2. The summed E-state index contributed by atoms with van der Waals surface area (Å²) in [6.45, 7) is 1.79. The molecule has 3 heterocycles. The molecule has 1 saturated heterocycles. The van der Waals surface area contributed by atoms with Crippen LogP contribution in [0.2, 0.25) is 0 Å². The number of anilines is 1. The normalized spacial score (nSPS) is 22.3. The molecular weight excluding hydrogens is 393 g/mol. The van der Waals surface area contributed by atoms with E-state index in [0.717, 1.165) is 32.0 Å². The van der Waals surface area contributed by atoms with E-state index in [4.69, 9.17) is 0 Å². The first-order chi connectivity index (χ1) is 14.4. The van der Waals surface area contributed by atoms with Gasteiger partial charge in [-0.2, -0.15) is 5.10 Å². The second-order valence-corrected chi connectivity index (χ2v) is 8.27. The Bertz CT molecular complexity index is 1190. The van der Waals surface area contributed by atoms with Crippen molar-refractivity contribution in [3.8, 4) is 0 Å². The Morgan fingerprint density at radius 3 is 2.57 bits per heavy atom. The van der Waals surface area contributed by atoms with Crippen LogP contribution in [-0.2, 0) is 0 Å². The first-order valence-corrected chi connectivity index (χ1v) is 10.0. The molecule has 5 rings (SSSR count). The Labute approximate surface area is 170 Å². The topological polar surface area (TPSA) is 61.0 Å². The number of halogens is 3. The largest absolute Gasteiger partial charge is 0.380 e. The highest BCUT2D eigenvalue weighted by Crippen LogP contribution is 2.44. The number of likely N-dealkylation sites (tertiary alicyclic amines) is 1. The van der Waals surface area contributed by atoms with Crippen molar-refractivity contribution in [1.29, 1.82) is 0 Å². The molecule has 0 bridgehead atoms. The quantitative estimate of drug-likeness (QED) is 0.673. The molecule has 30 heavy (non-hydrogen) atoms. The van der Waals surface area contributed by atoms with Crippen LogP contribution in [0.5, 0.6) is 0 Å². The number of aromatic nitrogens is 2. The van der Waals surface area contributed by atoms with Gasteiger partial charge in [0.1, 0.15) is 17.5 Å². The monoisotopic (exact) mass is 414 g/mol. The summed E-state index contributed by atoms with van der Waals surface area (Å²) in [6, 6.07) is 5.78. The zero-order valence-corrected chi connectivity index (χ0v) is 16.4. The zero-order valence-electron chi connectivity index (χ0n) is 16.4. The predicted molar refractivity (Wildman–Crippen MR) is 108 cm³/mol. The molecule has 2 aliphatic heterocycles. The molecule has 2 aliphatic rings. The summed E-state index contributed by atoms with van der Waals surface area (Å²) in [5.41, 5.74) is 0.769. The predicted octanol–water partition coefficient (Wildman–Crippen LogP) is 3.61. The molecule has 0 amide bonds. The number of hydrogen-bond acceptors (Lipinski definition) is 4. The molecule has 2 aromatic carbocycles. The number of aromatic amines is 1. The van der Waals surface area contributed by atoms with Crippen LogP contribution in [0, 0.1) is 23.4 Å². The summed E-state index contributed by atoms with van der Waals surface area (Å²) in [4.78, 5) is 14.5. The molecule has 1 fully saturated rings. The Hall–Kier alpha value is -2.87. The fourth-order valence-corrected chi connectivity index (χ4v) is 4.93. The van der Waals surface area contributed by atoms with Crippen LogP contribution in [0.1, 0.15) is 30.0 Å². The Morgan fingerprint density at radius 1 is 1.07 bits per heavy atom. The van der Waals surface area contributed by atoms with Gasteiger partial charge in [0.15, 0.2) is 0 Å². The SMILES string of the molecule is CN1CCC([C@H]2Nc3cc(F)cc4c(=O)[nH]nc(c34)[C@@H]2c2ccc(F)cc2F)CC1. The highest BCUT2D eigenvalue weighted by molar-refractivity contribution is 5.97. The Morgan fingerprint density at radius 2 is 1.83 bits per heavy atom. The van der Waals surface area contributed by atoms with Gasteiger partial charge in [-0.25, -0.2) is 18.3 Å². The van der Waals surface area contributed by atoms with E-state index >= 15 is 0 Å². The summed E-state index contributed by atoms with van der Waals surface area (Å²) in [5, 5.41) is 10.8. The van der Waals surface area contributed by atoms with Crippen molar-refractivity contribution < 1.29 is 13.2 Å². The maximum absolute atomic E-state index is 14.9. The van der Waals surface area contributed by atoms with Crippen molar-refractivity contribution in [3.05, 3.63) is 69.4 Å². The lowest BCUT2D eigenvalue weighted by Crippen LogP contribution is -2.44. The molecular formula is C22H21F3N4O. The number of nitrogens with zero attached hydrogens (tertiary/aromatic N) is 2. The summed E-state index contributed by atoms with van der Waals surface area (Å²) >= 11 is 0. The summed E-state index contributed by atoms with van der Waals surface area (Å²) in [7, 11) is 2.05. The van der Waals surface area contributed by atoms with E-state index in [-0.39, 0.29) is 17.3 Å². The minimum absolute atomic E-state index is 0.164. The molecule has 2 atom stereocenters. The molecule has 5 nitrogen and oxygen atoms in total. The van der Waals surface area contributed by atoms with Crippen molar-refractivity contribution in [3.63, 3.8) is 0 Å². The van der Waals surface area contributed by atoms with Crippen molar-refractivity contribution >= 4 is 16.5 Å². The molecule has 0 unspecified atom stereocenters. The van der Waals surface area contributed by atoms with Gasteiger partial charge in [-0.1, -0.05) is 6.07 Å². The summed E-state index contributed by atoms with van der Waals surface area (Å²) < 4.78 is 42.8. The molecule has 2 N–H and O–H groups in total. The first kappa shape index (κ1) is 19.1. The maximum atomic E-state index is 14.9. The van der Waals surface area contributed by atoms with E-state index in [1.165, 1.54) is 24.3 Å². The summed E-state index contributed by atoms with van der Waals surface area (Å²) in [5.74, 6) is -2.21. The van der Waals surface area contributed by atoms with Gasteiger partial charge >= 0.3 is 0 Å². The second-order valence-electron chi connectivity index (χ2n) is 8.27. The maximum Gasteiger partial charge on any atom is 0.272 e. The Kier molecular flexibility index (Phi) is 4.54. The van der Waals surface area contributed by atoms with Crippen LogP contribution in [0.25, 0.3) is 10.8 Å². The lowest BCUT2D eigenvalue weighted by Gasteiger charge is -2.42. The van der Waals surface area contributed by atoms with Crippen LogP contribution in [0.15, 0.2) is 35.1 Å². The molecule has 8 heteroatoms. The third kappa shape index (κ3) is 3.06. The number of benzene rings is 2. The van der Waals surface area contributed by atoms with Gasteiger partial charge in [0.05, 0.1) is 17.0 Å². The highest BCUT2D eigenvalue weighted by atomic mass is 19.1. The van der Waals surface area contributed by atoms with Gasteiger partial charge in [-0.05, 0) is 62.7 Å². The molecule has 0 aliphatic carbocycles. The van der Waals surface area contributed by atoms with Crippen molar-refractivity contribution in [1.82, 2.24) is 15.1 Å². The number of rotatable bonds is 2. The zero-order chi connectivity index (χ0) is 21.0. The summed E-state index contributed by atoms with van der Waals surface area (Å²) in [6.07, 6.45) is 1.76. The molecule has 0 saturated carbocycles. The van der Waals surface area contributed by atoms with Gasteiger partial charge in [0.25, 0.3) is 5.56 Å². The van der Waals surface area contributed by atoms with Crippen LogP contribution in [0.3, 0.4) is 0 Å². The van der Waals surface area contributed by atoms with Crippen molar-refractivity contribution in [2.24, 2.45) is 5.92 Å². The number of H-pyrrole nitrogens is 1. The van der Waals surface area contributed by atoms with Crippen LogP contribution in [0.4, 0.5) is 18.9 Å². The molecule has 0 spiro atoms. The standard InChI is InChI=1S/C22H21F3N4O/c1-29-6-4-11(5-7-29)20-19(14-3-2-12(23)9-16(14)25)21-18-15(22(30)28-27-21)8-13(24)10-17(18)26-20/h2-3,8-11,19-20,26H,4-7H2,1H3,(H,28,30)/t19-,20-/m1/s1. The van der Waals surface area contributed by atoms with Crippen LogP contribution in [-0.4, -0.2) is 41.3 Å². The first-order valence-electron chi connectivity index (χ1n) is 10.0. The van der Waals surface area contributed by atoms with Crippen molar-refractivity contribution in [2.45, 2.75) is 24.8 Å². The van der Waals surface area contributed by atoms with Gasteiger partial charge in [0, 0.05) is 23.2 Å². The molecule has 156 valence electrons. The van der Waals surface area contributed by atoms with Gasteiger partial charge in [0.2, 0.25) is 0 Å². The molecule has 3 aromatic rings. The average Bonchev–Trinajstić information content (AvgIpc) is 2.71. The molecule has 1 aromatic heterocycles. The van der Waals surface area contributed by atoms with Gasteiger partial charge < -0.3 is 10.2 Å². The smallest absolute Gasteiger partial charge is 0.272 e. The lowest BCUT2D eigenvalue weighted by molar-refractivity contribution is 0.197. The van der Waals surface area contributed by atoms with Crippen LogP contribution < -0.4 is 10.9 Å². The minimum Gasteiger partial charge on any atom is -0.380 e. The van der Waals surface area contributed by atoms with E-state index in [1.54, 1.807) is 0 Å². The third-order valence-electron chi connectivity index (χ3n) is 6.43. The van der Waals surface area contributed by atoms with E-state index in [9.17, 15) is 18.0 Å².